The van der Waals surface area contributed by atoms with Gasteiger partial charge in [0.25, 0.3) is 0 Å². The Hall–Kier alpha value is -1.21. The van der Waals surface area contributed by atoms with E-state index >= 15 is 0 Å². The lowest BCUT2D eigenvalue weighted by Gasteiger charge is -2.30. The van der Waals surface area contributed by atoms with Crippen LogP contribution in [0.2, 0.25) is 0 Å². The lowest BCUT2D eigenvalue weighted by Crippen LogP contribution is -2.46. The summed E-state index contributed by atoms with van der Waals surface area (Å²) in [7, 11) is 3.50. The number of nitrogens with one attached hydrogen (secondary N) is 1. The fraction of sp³-hybridized carbons (Fsp3) is 0.500. The minimum absolute atomic E-state index is 0. The van der Waals surface area contributed by atoms with E-state index in [2.05, 4.69) is 16.4 Å². The first-order chi connectivity index (χ1) is 10.6. The molecule has 1 fully saturated rings. The second-order valence-corrected chi connectivity index (χ2v) is 6.99. The first-order valence-corrected chi connectivity index (χ1v) is 8.26. The van der Waals surface area contributed by atoms with Gasteiger partial charge in [-0.1, -0.05) is 12.1 Å². The van der Waals surface area contributed by atoms with Crippen molar-refractivity contribution in [1.82, 2.24) is 15.2 Å². The molecule has 0 bridgehead atoms. The maximum atomic E-state index is 12.9. The number of benzene rings is 1. The van der Waals surface area contributed by atoms with Crippen LogP contribution in [0.5, 0.6) is 0 Å². The van der Waals surface area contributed by atoms with Crippen molar-refractivity contribution in [1.29, 1.82) is 0 Å². The number of aromatic nitrogens is 1. The third kappa shape index (κ3) is 3.66. The Labute approximate surface area is 146 Å². The first kappa shape index (κ1) is 18.1. The van der Waals surface area contributed by atoms with Crippen molar-refractivity contribution >= 4 is 39.9 Å². The van der Waals surface area contributed by atoms with Crippen molar-refractivity contribution in [3.05, 3.63) is 29.3 Å². The monoisotopic (exact) mass is 355 g/mol. The third-order valence-electron chi connectivity index (χ3n) is 4.18. The average molecular weight is 356 g/mol. The summed E-state index contributed by atoms with van der Waals surface area (Å²) in [5.41, 5.74) is 0.567. The normalized spacial score (nSPS) is 20.4. The van der Waals surface area contributed by atoms with Crippen LogP contribution in [-0.2, 0) is 16.1 Å². The molecule has 3 rings (SSSR count). The van der Waals surface area contributed by atoms with Gasteiger partial charge < -0.3 is 15.0 Å². The Balaban J connectivity index is 0.00000192. The molecule has 23 heavy (non-hydrogen) atoms. The predicted octanol–water partition coefficient (Wildman–Crippen LogP) is 2.30. The molecule has 1 unspecified atom stereocenters. The SMILES string of the molecule is COCC1(C(=O)N(C)Cc2nc3ccccc3s2)CCNC1.Cl. The highest BCUT2D eigenvalue weighted by molar-refractivity contribution is 7.18. The number of thiazole rings is 1. The summed E-state index contributed by atoms with van der Waals surface area (Å²) in [5, 5.41) is 4.25. The Morgan fingerprint density at radius 2 is 2.26 bits per heavy atom. The van der Waals surface area contributed by atoms with Gasteiger partial charge in [0.1, 0.15) is 5.01 Å². The van der Waals surface area contributed by atoms with E-state index in [1.807, 2.05) is 25.2 Å². The van der Waals surface area contributed by atoms with E-state index in [0.717, 1.165) is 28.2 Å². The van der Waals surface area contributed by atoms with E-state index < -0.39 is 5.41 Å². The number of methoxy groups -OCH3 is 1. The van der Waals surface area contributed by atoms with Gasteiger partial charge in [-0.25, -0.2) is 4.98 Å². The maximum Gasteiger partial charge on any atom is 0.232 e. The maximum absolute atomic E-state index is 12.9. The van der Waals surface area contributed by atoms with Crippen LogP contribution in [0, 0.1) is 5.41 Å². The summed E-state index contributed by atoms with van der Waals surface area (Å²) in [6.07, 6.45) is 0.823. The number of hydrogen-bond donors (Lipinski definition) is 1. The fourth-order valence-electron chi connectivity index (χ4n) is 3.05. The highest BCUT2D eigenvalue weighted by atomic mass is 35.5. The number of carbonyl (C=O) groups excluding carboxylic acids is 1. The van der Waals surface area contributed by atoms with E-state index in [1.165, 1.54) is 0 Å². The molecule has 5 nitrogen and oxygen atoms in total. The van der Waals surface area contributed by atoms with Gasteiger partial charge in [0.2, 0.25) is 5.91 Å². The molecule has 0 radical (unpaired) electrons. The second kappa shape index (κ2) is 7.57. The van der Waals surface area contributed by atoms with Gasteiger partial charge in [-0.05, 0) is 25.1 Å². The van der Waals surface area contributed by atoms with Crippen LogP contribution in [0.4, 0.5) is 0 Å². The summed E-state index contributed by atoms with van der Waals surface area (Å²) in [4.78, 5) is 19.2. The predicted molar refractivity (Wildman–Crippen MR) is 95.1 cm³/mol. The number of hydrogen-bond acceptors (Lipinski definition) is 5. The molecule has 1 aromatic carbocycles. The molecule has 1 aliphatic rings. The molecular formula is C16H22ClN3O2S. The molecular weight excluding hydrogens is 334 g/mol. The van der Waals surface area contributed by atoms with E-state index in [0.29, 0.717) is 19.7 Å². The molecule has 0 spiro atoms. The number of rotatable bonds is 5. The molecule has 2 aromatic rings. The van der Waals surface area contributed by atoms with Crippen LogP contribution in [0.25, 0.3) is 10.2 Å². The van der Waals surface area contributed by atoms with Gasteiger partial charge in [0, 0.05) is 20.7 Å². The van der Waals surface area contributed by atoms with Crippen molar-refractivity contribution in [3.63, 3.8) is 0 Å². The molecule has 1 saturated heterocycles. The van der Waals surface area contributed by atoms with Crippen LogP contribution in [0.15, 0.2) is 24.3 Å². The minimum atomic E-state index is -0.430. The van der Waals surface area contributed by atoms with Crippen LogP contribution in [0.1, 0.15) is 11.4 Å². The smallest absolute Gasteiger partial charge is 0.232 e. The third-order valence-corrected chi connectivity index (χ3v) is 5.20. The second-order valence-electron chi connectivity index (χ2n) is 5.88. The number of ether oxygens (including phenoxy) is 1. The number of carbonyl (C=O) groups is 1. The summed E-state index contributed by atoms with van der Waals surface area (Å²) in [5.74, 6) is 0.138. The summed E-state index contributed by atoms with van der Waals surface area (Å²) >= 11 is 1.65. The topological polar surface area (TPSA) is 54.5 Å². The van der Waals surface area contributed by atoms with Gasteiger partial charge in [-0.2, -0.15) is 0 Å². The molecule has 2 heterocycles. The lowest BCUT2D eigenvalue weighted by molar-refractivity contribution is -0.143. The zero-order valence-corrected chi connectivity index (χ0v) is 15.0. The molecule has 1 amide bonds. The Morgan fingerprint density at radius 1 is 1.48 bits per heavy atom. The van der Waals surface area contributed by atoms with Gasteiger partial charge in [-0.3, -0.25) is 4.79 Å². The van der Waals surface area contributed by atoms with Gasteiger partial charge in [0.15, 0.2) is 0 Å². The molecule has 1 aromatic heterocycles. The molecule has 1 N–H and O–H groups in total. The van der Waals surface area contributed by atoms with E-state index in [1.54, 1.807) is 23.3 Å². The van der Waals surface area contributed by atoms with E-state index in [4.69, 9.17) is 4.74 Å². The van der Waals surface area contributed by atoms with E-state index in [9.17, 15) is 4.79 Å². The van der Waals surface area contributed by atoms with Crippen molar-refractivity contribution < 1.29 is 9.53 Å². The molecule has 7 heteroatoms. The first-order valence-electron chi connectivity index (χ1n) is 7.44. The molecule has 1 atom stereocenters. The number of fused-ring (bicyclic) bond motifs is 1. The number of amides is 1. The van der Waals surface area contributed by atoms with Crippen LogP contribution in [0.3, 0.4) is 0 Å². The average Bonchev–Trinajstić information content (AvgIpc) is 3.13. The van der Waals surface area contributed by atoms with Crippen molar-refractivity contribution in [2.24, 2.45) is 5.41 Å². The number of para-hydroxylation sites is 1. The fourth-order valence-corrected chi connectivity index (χ4v) is 4.08. The number of nitrogens with zero attached hydrogens (tertiary/aromatic N) is 2. The Bertz CT molecular complexity index is 637. The van der Waals surface area contributed by atoms with Crippen molar-refractivity contribution in [2.75, 3.05) is 33.9 Å². The van der Waals surface area contributed by atoms with Crippen molar-refractivity contribution in [2.45, 2.75) is 13.0 Å². The Morgan fingerprint density at radius 3 is 2.91 bits per heavy atom. The quantitative estimate of drug-likeness (QED) is 0.894. The van der Waals surface area contributed by atoms with Crippen molar-refractivity contribution in [3.8, 4) is 0 Å². The molecule has 0 aliphatic carbocycles. The summed E-state index contributed by atoms with van der Waals surface area (Å²) in [6, 6.07) is 8.06. The number of halogens is 1. The van der Waals surface area contributed by atoms with Gasteiger partial charge >= 0.3 is 0 Å². The van der Waals surface area contributed by atoms with Gasteiger partial charge in [0.05, 0.1) is 28.8 Å². The largest absolute Gasteiger partial charge is 0.384 e. The Kier molecular flexibility index (Phi) is 5.97. The van der Waals surface area contributed by atoms with E-state index in [-0.39, 0.29) is 18.3 Å². The van der Waals surface area contributed by atoms with Gasteiger partial charge in [-0.15, -0.1) is 23.7 Å². The summed E-state index contributed by atoms with van der Waals surface area (Å²) < 4.78 is 6.46. The molecule has 126 valence electrons. The molecule has 1 aliphatic heterocycles. The summed E-state index contributed by atoms with van der Waals surface area (Å²) in [6.45, 7) is 2.56. The lowest BCUT2D eigenvalue weighted by atomic mass is 9.86. The highest BCUT2D eigenvalue weighted by Gasteiger charge is 2.43. The molecule has 0 saturated carbocycles. The minimum Gasteiger partial charge on any atom is -0.384 e. The zero-order chi connectivity index (χ0) is 15.6. The van der Waals surface area contributed by atoms with Crippen LogP contribution < -0.4 is 5.32 Å². The highest BCUT2D eigenvalue weighted by Crippen LogP contribution is 2.29. The zero-order valence-electron chi connectivity index (χ0n) is 13.4. The standard InChI is InChI=1S/C16H21N3O2S.ClH/c1-19(15(20)16(11-21-2)7-8-17-10-16)9-14-18-12-5-3-4-6-13(12)22-14;/h3-6,17H,7-11H2,1-2H3;1H. The van der Waals surface area contributed by atoms with Crippen LogP contribution in [-0.4, -0.2) is 49.6 Å². The van der Waals surface area contributed by atoms with Crippen LogP contribution >= 0.6 is 23.7 Å².